The van der Waals surface area contributed by atoms with Crippen LogP contribution in [0.3, 0.4) is 0 Å². The molecule has 2 rings (SSSR count). The Balaban J connectivity index is 2.14. The molecule has 1 aliphatic heterocycles. The van der Waals surface area contributed by atoms with Crippen molar-refractivity contribution in [3.8, 4) is 0 Å². The highest BCUT2D eigenvalue weighted by atomic mass is 32.1. The van der Waals surface area contributed by atoms with Crippen LogP contribution in [0.15, 0.2) is 5.38 Å². The number of thiophene rings is 1. The van der Waals surface area contributed by atoms with Crippen LogP contribution in [-0.4, -0.2) is 36.5 Å². The number of amides is 1. The lowest BCUT2D eigenvalue weighted by Crippen LogP contribution is -2.36. The molecular formula is C14H20N2O3S. The van der Waals surface area contributed by atoms with Crippen molar-refractivity contribution in [1.82, 2.24) is 4.90 Å². The summed E-state index contributed by atoms with van der Waals surface area (Å²) in [5.74, 6) is 0.0488. The zero-order valence-electron chi connectivity index (χ0n) is 11.8. The number of nitrogen functional groups attached to an aromatic ring is 1. The fourth-order valence-corrected chi connectivity index (χ4v) is 3.50. The smallest absolute Gasteiger partial charge is 0.341 e. The molecule has 20 heavy (non-hydrogen) atoms. The first-order valence-electron chi connectivity index (χ1n) is 6.84. The van der Waals surface area contributed by atoms with E-state index >= 15 is 0 Å². The molecule has 6 heteroatoms. The molecule has 0 bridgehead atoms. The number of ether oxygens (including phenoxy) is 1. The maximum absolute atomic E-state index is 12.0. The predicted molar refractivity (Wildman–Crippen MR) is 78.9 cm³/mol. The lowest BCUT2D eigenvalue weighted by atomic mass is 9.88. The van der Waals surface area contributed by atoms with E-state index in [1.54, 1.807) is 13.8 Å². The van der Waals surface area contributed by atoms with Gasteiger partial charge in [-0.1, -0.05) is 0 Å². The summed E-state index contributed by atoms with van der Waals surface area (Å²) in [6.07, 6.45) is 1.73. The van der Waals surface area contributed by atoms with Gasteiger partial charge >= 0.3 is 5.97 Å². The summed E-state index contributed by atoms with van der Waals surface area (Å²) >= 11 is 1.38. The Morgan fingerprint density at radius 3 is 2.65 bits per heavy atom. The molecule has 2 N–H and O–H groups in total. The molecule has 0 saturated carbocycles. The molecule has 0 unspecified atom stereocenters. The number of carbonyl (C=O) groups excluding carboxylic acids is 2. The van der Waals surface area contributed by atoms with Gasteiger partial charge in [0, 0.05) is 20.0 Å². The molecule has 1 aromatic rings. The van der Waals surface area contributed by atoms with E-state index in [2.05, 4.69) is 0 Å². The normalized spacial score (nSPS) is 16.2. The van der Waals surface area contributed by atoms with Crippen molar-refractivity contribution >= 4 is 28.2 Å². The van der Waals surface area contributed by atoms with E-state index in [1.807, 2.05) is 10.3 Å². The van der Waals surface area contributed by atoms with Crippen LogP contribution in [0, 0.1) is 0 Å². The van der Waals surface area contributed by atoms with Gasteiger partial charge in [0.2, 0.25) is 5.91 Å². The number of nitrogens with two attached hydrogens (primary N) is 1. The third-order valence-electron chi connectivity index (χ3n) is 3.71. The molecule has 2 heterocycles. The Hall–Kier alpha value is -1.56. The Morgan fingerprint density at radius 1 is 1.45 bits per heavy atom. The lowest BCUT2D eigenvalue weighted by Gasteiger charge is -2.31. The molecular weight excluding hydrogens is 276 g/mol. The Bertz CT molecular complexity index is 505. The number of hydrogen-bond acceptors (Lipinski definition) is 5. The van der Waals surface area contributed by atoms with Gasteiger partial charge in [-0.2, -0.15) is 0 Å². The standard InChI is InChI=1S/C14H20N2O3S/c1-3-19-14(18)12-11(8-20-13(12)15)10-4-6-16(7-5-10)9(2)17/h8,10H,3-7,15H2,1-2H3. The fraction of sp³-hybridized carbons (Fsp3) is 0.571. The summed E-state index contributed by atoms with van der Waals surface area (Å²) in [7, 11) is 0. The average molecular weight is 296 g/mol. The molecule has 0 aliphatic carbocycles. The number of nitrogens with zero attached hydrogens (tertiary/aromatic N) is 1. The van der Waals surface area contributed by atoms with E-state index in [-0.39, 0.29) is 17.8 Å². The van der Waals surface area contributed by atoms with Gasteiger partial charge < -0.3 is 15.4 Å². The van der Waals surface area contributed by atoms with Crippen molar-refractivity contribution in [3.63, 3.8) is 0 Å². The van der Waals surface area contributed by atoms with E-state index in [1.165, 1.54) is 11.3 Å². The molecule has 0 atom stereocenters. The molecule has 5 nitrogen and oxygen atoms in total. The number of rotatable bonds is 3. The topological polar surface area (TPSA) is 72.6 Å². The number of piperidine rings is 1. The minimum absolute atomic E-state index is 0.110. The Labute approximate surface area is 122 Å². The lowest BCUT2D eigenvalue weighted by molar-refractivity contribution is -0.129. The van der Waals surface area contributed by atoms with E-state index in [4.69, 9.17) is 10.5 Å². The first-order valence-corrected chi connectivity index (χ1v) is 7.72. The maximum atomic E-state index is 12.0. The second-order valence-corrected chi connectivity index (χ2v) is 5.84. The van der Waals surface area contributed by atoms with Gasteiger partial charge in [0.05, 0.1) is 12.2 Å². The SMILES string of the molecule is CCOC(=O)c1c(C2CCN(C(C)=O)CC2)csc1N. The second kappa shape index (κ2) is 6.26. The zero-order valence-corrected chi connectivity index (χ0v) is 12.7. The Morgan fingerprint density at radius 2 is 2.10 bits per heavy atom. The average Bonchev–Trinajstić information content (AvgIpc) is 2.81. The van der Waals surface area contributed by atoms with Gasteiger partial charge in [-0.25, -0.2) is 4.79 Å². The largest absolute Gasteiger partial charge is 0.462 e. The molecule has 0 spiro atoms. The van der Waals surface area contributed by atoms with Crippen LogP contribution in [0.1, 0.15) is 48.5 Å². The predicted octanol–water partition coefficient (Wildman–Crippen LogP) is 2.23. The van der Waals surface area contributed by atoms with Crippen LogP contribution in [0.25, 0.3) is 0 Å². The molecule has 1 amide bonds. The summed E-state index contributed by atoms with van der Waals surface area (Å²) in [6, 6.07) is 0. The first kappa shape index (κ1) is 14.8. The molecule has 1 fully saturated rings. The summed E-state index contributed by atoms with van der Waals surface area (Å²) < 4.78 is 5.08. The van der Waals surface area contributed by atoms with Crippen LogP contribution in [0.5, 0.6) is 0 Å². The molecule has 0 aromatic carbocycles. The van der Waals surface area contributed by atoms with Crippen LogP contribution < -0.4 is 5.73 Å². The highest BCUT2D eigenvalue weighted by Crippen LogP contribution is 2.36. The van der Waals surface area contributed by atoms with Crippen molar-refractivity contribution in [2.75, 3.05) is 25.4 Å². The molecule has 110 valence electrons. The van der Waals surface area contributed by atoms with E-state index in [9.17, 15) is 9.59 Å². The van der Waals surface area contributed by atoms with E-state index in [0.29, 0.717) is 17.2 Å². The molecule has 1 saturated heterocycles. The third-order valence-corrected chi connectivity index (χ3v) is 4.54. The van der Waals surface area contributed by atoms with Crippen LogP contribution in [-0.2, 0) is 9.53 Å². The summed E-state index contributed by atoms with van der Waals surface area (Å²) in [5, 5.41) is 2.47. The number of hydrogen-bond donors (Lipinski definition) is 1. The van der Waals surface area contributed by atoms with Gasteiger partial charge in [-0.3, -0.25) is 4.79 Å². The van der Waals surface area contributed by atoms with E-state index in [0.717, 1.165) is 31.5 Å². The minimum Gasteiger partial charge on any atom is -0.462 e. The van der Waals surface area contributed by atoms with E-state index < -0.39 is 0 Å². The first-order chi connectivity index (χ1) is 9.54. The van der Waals surface area contributed by atoms with Gasteiger partial charge in [-0.05, 0) is 36.6 Å². The number of anilines is 1. The molecule has 0 radical (unpaired) electrons. The highest BCUT2D eigenvalue weighted by molar-refractivity contribution is 7.14. The van der Waals surface area contributed by atoms with Gasteiger partial charge in [0.15, 0.2) is 0 Å². The van der Waals surface area contributed by atoms with Gasteiger partial charge in [0.1, 0.15) is 5.00 Å². The summed E-state index contributed by atoms with van der Waals surface area (Å²) in [6.45, 7) is 5.19. The van der Waals surface area contributed by atoms with Crippen molar-refractivity contribution in [1.29, 1.82) is 0 Å². The molecule has 1 aliphatic rings. The number of likely N-dealkylation sites (tertiary alicyclic amines) is 1. The summed E-state index contributed by atoms with van der Waals surface area (Å²) in [5.41, 5.74) is 7.41. The Kier molecular flexibility index (Phi) is 4.65. The van der Waals surface area contributed by atoms with Crippen molar-refractivity contribution < 1.29 is 14.3 Å². The van der Waals surface area contributed by atoms with Crippen LogP contribution >= 0.6 is 11.3 Å². The van der Waals surface area contributed by atoms with Crippen molar-refractivity contribution in [2.45, 2.75) is 32.6 Å². The van der Waals surface area contributed by atoms with Crippen molar-refractivity contribution in [3.05, 3.63) is 16.5 Å². The quantitative estimate of drug-likeness (QED) is 0.868. The van der Waals surface area contributed by atoms with Crippen LogP contribution in [0.4, 0.5) is 5.00 Å². The highest BCUT2D eigenvalue weighted by Gasteiger charge is 2.28. The number of esters is 1. The maximum Gasteiger partial charge on any atom is 0.341 e. The van der Waals surface area contributed by atoms with Crippen molar-refractivity contribution in [2.24, 2.45) is 0 Å². The molecule has 1 aromatic heterocycles. The minimum atomic E-state index is -0.338. The monoisotopic (exact) mass is 296 g/mol. The summed E-state index contributed by atoms with van der Waals surface area (Å²) in [4.78, 5) is 25.2. The van der Waals surface area contributed by atoms with Crippen LogP contribution in [0.2, 0.25) is 0 Å². The van der Waals surface area contributed by atoms with Gasteiger partial charge in [0.25, 0.3) is 0 Å². The fourth-order valence-electron chi connectivity index (χ4n) is 2.61. The second-order valence-electron chi connectivity index (χ2n) is 4.93. The number of carbonyl (C=O) groups is 2. The third kappa shape index (κ3) is 2.95. The van der Waals surface area contributed by atoms with Gasteiger partial charge in [-0.15, -0.1) is 11.3 Å². The zero-order chi connectivity index (χ0) is 14.7.